The number of amides is 1. The van der Waals surface area contributed by atoms with Crippen molar-refractivity contribution < 1.29 is 9.53 Å². The van der Waals surface area contributed by atoms with Crippen LogP contribution in [0.15, 0.2) is 29.4 Å². The first-order valence-corrected chi connectivity index (χ1v) is 12.9. The van der Waals surface area contributed by atoms with Crippen LogP contribution in [-0.4, -0.2) is 63.7 Å². The molecule has 4 heterocycles. The van der Waals surface area contributed by atoms with E-state index in [0.29, 0.717) is 12.3 Å². The smallest absolute Gasteiger partial charge is 0.233 e. The highest BCUT2D eigenvalue weighted by Crippen LogP contribution is 2.28. The molecule has 3 aliphatic rings. The number of carbonyl (C=O) groups excluding carboxylic acids is 1. The molecular formula is C24H33N5O2S. The Morgan fingerprint density at radius 3 is 2.72 bits per heavy atom. The number of fused-ring (bicyclic) bond motifs is 1. The predicted molar refractivity (Wildman–Crippen MR) is 126 cm³/mol. The largest absolute Gasteiger partial charge is 0.376 e. The maximum Gasteiger partial charge on any atom is 0.233 e. The molecule has 1 atom stereocenters. The molecule has 0 saturated carbocycles. The normalized spacial score (nSPS) is 21.7. The molecule has 2 saturated heterocycles. The second-order valence-electron chi connectivity index (χ2n) is 9.32. The van der Waals surface area contributed by atoms with Crippen LogP contribution in [0, 0.1) is 5.92 Å². The van der Waals surface area contributed by atoms with E-state index in [1.807, 2.05) is 4.90 Å². The third kappa shape index (κ3) is 4.81. The van der Waals surface area contributed by atoms with Gasteiger partial charge in [-0.15, -0.1) is 10.2 Å². The minimum Gasteiger partial charge on any atom is -0.376 e. The lowest BCUT2D eigenvalue weighted by atomic mass is 10.00. The molecule has 3 aliphatic heterocycles. The fourth-order valence-electron chi connectivity index (χ4n) is 4.91. The van der Waals surface area contributed by atoms with Gasteiger partial charge < -0.3 is 14.5 Å². The van der Waals surface area contributed by atoms with Crippen LogP contribution in [0.4, 0.5) is 5.95 Å². The van der Waals surface area contributed by atoms with Gasteiger partial charge in [-0.2, -0.15) is 0 Å². The molecule has 0 radical (unpaired) electrons. The zero-order valence-corrected chi connectivity index (χ0v) is 19.7. The number of piperidine rings is 1. The van der Waals surface area contributed by atoms with E-state index >= 15 is 0 Å². The van der Waals surface area contributed by atoms with Crippen molar-refractivity contribution in [2.45, 2.75) is 63.4 Å². The first kappa shape index (κ1) is 21.8. The molecule has 1 amide bonds. The second-order valence-corrected chi connectivity index (χ2v) is 10.3. The number of aromatic nitrogens is 3. The van der Waals surface area contributed by atoms with E-state index in [1.165, 1.54) is 35.7 Å². The summed E-state index contributed by atoms with van der Waals surface area (Å²) in [6.07, 6.45) is 5.70. The Labute approximate surface area is 194 Å². The molecule has 0 aliphatic carbocycles. The van der Waals surface area contributed by atoms with E-state index in [2.05, 4.69) is 50.9 Å². The molecule has 2 fully saturated rings. The lowest BCUT2D eigenvalue weighted by Crippen LogP contribution is -2.37. The van der Waals surface area contributed by atoms with Crippen molar-refractivity contribution >= 4 is 23.6 Å². The number of nitrogens with zero attached hydrogens (tertiary/aromatic N) is 5. The van der Waals surface area contributed by atoms with Gasteiger partial charge >= 0.3 is 0 Å². The fraction of sp³-hybridized carbons (Fsp3) is 0.625. The van der Waals surface area contributed by atoms with Crippen molar-refractivity contribution in [1.82, 2.24) is 19.7 Å². The predicted octanol–water partition coefficient (Wildman–Crippen LogP) is 3.37. The number of hydrogen-bond donors (Lipinski definition) is 0. The number of rotatable bonds is 6. The Hall–Kier alpha value is -2.06. The van der Waals surface area contributed by atoms with Crippen LogP contribution in [0.1, 0.15) is 43.7 Å². The Morgan fingerprint density at radius 2 is 1.94 bits per heavy atom. The maximum atomic E-state index is 13.0. The molecule has 0 bridgehead atoms. The zero-order chi connectivity index (χ0) is 21.9. The van der Waals surface area contributed by atoms with Gasteiger partial charge in [0.15, 0.2) is 5.16 Å². The highest BCUT2D eigenvalue weighted by molar-refractivity contribution is 7.99. The van der Waals surface area contributed by atoms with Crippen molar-refractivity contribution in [3.8, 4) is 0 Å². The van der Waals surface area contributed by atoms with Crippen molar-refractivity contribution in [3.63, 3.8) is 0 Å². The molecule has 5 rings (SSSR count). The van der Waals surface area contributed by atoms with Crippen LogP contribution in [0.2, 0.25) is 0 Å². The van der Waals surface area contributed by atoms with Crippen LogP contribution in [0.5, 0.6) is 0 Å². The van der Waals surface area contributed by atoms with Gasteiger partial charge in [0.2, 0.25) is 11.9 Å². The minimum absolute atomic E-state index is 0.171. The van der Waals surface area contributed by atoms with Gasteiger partial charge in [-0.1, -0.05) is 43.0 Å². The highest BCUT2D eigenvalue weighted by Gasteiger charge is 2.27. The molecule has 2 aromatic rings. The van der Waals surface area contributed by atoms with Gasteiger partial charge in [0.1, 0.15) is 0 Å². The van der Waals surface area contributed by atoms with E-state index in [4.69, 9.17) is 4.74 Å². The Kier molecular flexibility index (Phi) is 6.69. The Bertz CT molecular complexity index is 934. The van der Waals surface area contributed by atoms with Crippen molar-refractivity contribution in [3.05, 3.63) is 35.4 Å². The molecule has 1 aromatic carbocycles. The quantitative estimate of drug-likeness (QED) is 0.623. The molecule has 0 spiro atoms. The first-order valence-electron chi connectivity index (χ1n) is 11.9. The number of carbonyl (C=O) groups is 1. The van der Waals surface area contributed by atoms with E-state index in [9.17, 15) is 4.79 Å². The monoisotopic (exact) mass is 455 g/mol. The van der Waals surface area contributed by atoms with Gasteiger partial charge in [0.05, 0.1) is 18.4 Å². The van der Waals surface area contributed by atoms with Crippen LogP contribution in [-0.2, 0) is 29.0 Å². The first-order chi connectivity index (χ1) is 15.7. The van der Waals surface area contributed by atoms with Crippen LogP contribution in [0.25, 0.3) is 0 Å². The third-order valence-corrected chi connectivity index (χ3v) is 7.93. The lowest BCUT2D eigenvalue weighted by Gasteiger charge is -2.31. The molecule has 8 heteroatoms. The fourth-order valence-corrected chi connectivity index (χ4v) is 5.75. The Morgan fingerprint density at radius 1 is 1.12 bits per heavy atom. The molecule has 1 aromatic heterocycles. The highest BCUT2D eigenvalue weighted by atomic mass is 32.2. The zero-order valence-electron chi connectivity index (χ0n) is 18.9. The van der Waals surface area contributed by atoms with E-state index < -0.39 is 0 Å². The summed E-state index contributed by atoms with van der Waals surface area (Å²) in [5.41, 5.74) is 2.63. The molecular weight excluding hydrogens is 422 g/mol. The van der Waals surface area contributed by atoms with Gasteiger partial charge in [-0.05, 0) is 49.1 Å². The lowest BCUT2D eigenvalue weighted by molar-refractivity contribution is -0.129. The van der Waals surface area contributed by atoms with Crippen molar-refractivity contribution in [1.29, 1.82) is 0 Å². The average molecular weight is 456 g/mol. The Balaban J connectivity index is 1.27. The molecule has 0 unspecified atom stereocenters. The SMILES string of the molecule is CC1CCN(c2nnc(SCC(=O)N3CCc4ccccc4C3)n2C[C@@H]2CCCO2)CC1. The summed E-state index contributed by atoms with van der Waals surface area (Å²) >= 11 is 1.51. The minimum atomic E-state index is 0.171. The standard InChI is InChI=1S/C24H33N5O2S/c1-18-8-11-27(12-9-18)23-25-26-24(29(23)16-21-7-4-14-31-21)32-17-22(30)28-13-10-19-5-2-3-6-20(19)15-28/h2-3,5-6,18,21H,4,7-17H2,1H3/t21-/m0/s1. The summed E-state index contributed by atoms with van der Waals surface area (Å²) < 4.78 is 8.12. The van der Waals surface area contributed by atoms with Gasteiger partial charge in [0, 0.05) is 32.8 Å². The molecule has 172 valence electrons. The van der Waals surface area contributed by atoms with E-state index in [0.717, 1.165) is 69.1 Å². The number of thioether (sulfide) groups is 1. The maximum absolute atomic E-state index is 13.0. The summed E-state index contributed by atoms with van der Waals surface area (Å²) in [4.78, 5) is 17.3. The van der Waals surface area contributed by atoms with Gasteiger partial charge in [0.25, 0.3) is 0 Å². The number of hydrogen-bond acceptors (Lipinski definition) is 6. The van der Waals surface area contributed by atoms with Gasteiger partial charge in [-0.3, -0.25) is 9.36 Å². The summed E-state index contributed by atoms with van der Waals surface area (Å²) in [6, 6.07) is 8.43. The van der Waals surface area contributed by atoms with Crippen LogP contribution in [0.3, 0.4) is 0 Å². The molecule has 0 N–H and O–H groups in total. The van der Waals surface area contributed by atoms with Gasteiger partial charge in [-0.25, -0.2) is 0 Å². The summed E-state index contributed by atoms with van der Waals surface area (Å²) in [6.45, 7) is 7.44. The second kappa shape index (κ2) is 9.83. The average Bonchev–Trinajstić information content (AvgIpc) is 3.48. The van der Waals surface area contributed by atoms with Crippen LogP contribution < -0.4 is 4.90 Å². The van der Waals surface area contributed by atoms with Crippen LogP contribution >= 0.6 is 11.8 Å². The van der Waals surface area contributed by atoms with E-state index in [-0.39, 0.29) is 12.0 Å². The van der Waals surface area contributed by atoms with Crippen molar-refractivity contribution in [2.75, 3.05) is 36.9 Å². The number of benzene rings is 1. The number of ether oxygens (including phenoxy) is 1. The van der Waals surface area contributed by atoms with E-state index in [1.54, 1.807) is 0 Å². The molecule has 32 heavy (non-hydrogen) atoms. The molecule has 7 nitrogen and oxygen atoms in total. The van der Waals surface area contributed by atoms with Crippen molar-refractivity contribution in [2.24, 2.45) is 5.92 Å². The summed E-state index contributed by atoms with van der Waals surface area (Å²) in [7, 11) is 0. The number of anilines is 1. The summed E-state index contributed by atoms with van der Waals surface area (Å²) in [5.74, 6) is 2.27. The third-order valence-electron chi connectivity index (χ3n) is 6.98. The topological polar surface area (TPSA) is 63.5 Å². The summed E-state index contributed by atoms with van der Waals surface area (Å²) in [5, 5.41) is 9.91.